The minimum atomic E-state index is -0.493. The molecule has 2 heterocycles. The molecule has 1 aromatic rings. The van der Waals surface area contributed by atoms with Gasteiger partial charge in [-0.3, -0.25) is 0 Å². The van der Waals surface area contributed by atoms with E-state index in [4.69, 9.17) is 9.73 Å². The van der Waals surface area contributed by atoms with Crippen molar-refractivity contribution in [2.75, 3.05) is 38.6 Å². The number of hydrogen-bond acceptors (Lipinski definition) is 5. The van der Waals surface area contributed by atoms with Gasteiger partial charge in [0.1, 0.15) is 11.4 Å². The number of pyridine rings is 1. The van der Waals surface area contributed by atoms with Crippen molar-refractivity contribution < 1.29 is 9.53 Å². The highest BCUT2D eigenvalue weighted by Crippen LogP contribution is 2.16. The van der Waals surface area contributed by atoms with E-state index in [1.807, 2.05) is 51.9 Å². The number of carbonyl (C=O) groups excluding carboxylic acids is 1. The van der Waals surface area contributed by atoms with Gasteiger partial charge in [0.25, 0.3) is 0 Å². The fourth-order valence-corrected chi connectivity index (χ4v) is 3.09. The summed E-state index contributed by atoms with van der Waals surface area (Å²) < 4.78 is 5.36. The normalized spacial score (nSPS) is 17.4. The summed E-state index contributed by atoms with van der Waals surface area (Å²) >= 11 is 0. The molecule has 0 spiro atoms. The van der Waals surface area contributed by atoms with E-state index < -0.39 is 5.60 Å². The molecule has 8 heteroatoms. The van der Waals surface area contributed by atoms with Crippen LogP contribution in [0, 0.1) is 0 Å². The maximum Gasteiger partial charge on any atom is 0.407 e. The molecule has 0 saturated carbocycles. The highest BCUT2D eigenvalue weighted by molar-refractivity contribution is 5.80. The number of hydrogen-bond donors (Lipinski definition) is 2. The van der Waals surface area contributed by atoms with E-state index >= 15 is 0 Å². The lowest BCUT2D eigenvalue weighted by molar-refractivity contribution is 0.0507. The van der Waals surface area contributed by atoms with Crippen LogP contribution in [0.25, 0.3) is 0 Å². The lowest BCUT2D eigenvalue weighted by atomic mass is 10.2. The smallest absolute Gasteiger partial charge is 0.407 e. The second kappa shape index (κ2) is 9.61. The first-order valence-electron chi connectivity index (χ1n) is 9.83. The van der Waals surface area contributed by atoms with Crippen LogP contribution in [0.2, 0.25) is 0 Å². The second-order valence-corrected chi connectivity index (χ2v) is 8.13. The van der Waals surface area contributed by atoms with Gasteiger partial charge in [0.05, 0.1) is 12.6 Å². The summed E-state index contributed by atoms with van der Waals surface area (Å²) in [6.45, 7) is 10.5. The Morgan fingerprint density at radius 3 is 2.82 bits per heavy atom. The number of ether oxygens (including phenoxy) is 1. The number of aromatic nitrogens is 1. The summed E-state index contributed by atoms with van der Waals surface area (Å²) in [7, 11) is 3.96. The van der Waals surface area contributed by atoms with Crippen molar-refractivity contribution in [3.8, 4) is 0 Å². The molecule has 1 aliphatic rings. The molecular formula is C20H34N6O2. The number of amides is 1. The molecule has 2 rings (SSSR count). The van der Waals surface area contributed by atoms with Gasteiger partial charge < -0.3 is 25.2 Å². The van der Waals surface area contributed by atoms with E-state index in [0.29, 0.717) is 13.1 Å². The molecule has 1 atom stereocenters. The molecule has 0 bridgehead atoms. The number of nitrogens with zero attached hydrogens (tertiary/aromatic N) is 4. The summed E-state index contributed by atoms with van der Waals surface area (Å²) in [5.74, 6) is 1.78. The predicted octanol–water partition coefficient (Wildman–Crippen LogP) is 2.21. The van der Waals surface area contributed by atoms with Crippen LogP contribution in [0.5, 0.6) is 0 Å². The van der Waals surface area contributed by atoms with Gasteiger partial charge in [0.2, 0.25) is 0 Å². The lowest BCUT2D eigenvalue weighted by Crippen LogP contribution is -2.44. The van der Waals surface area contributed by atoms with E-state index in [2.05, 4.69) is 27.4 Å². The van der Waals surface area contributed by atoms with Gasteiger partial charge in [-0.15, -0.1) is 0 Å². The molecular weight excluding hydrogens is 356 g/mol. The van der Waals surface area contributed by atoms with Crippen LogP contribution in [-0.4, -0.2) is 67.3 Å². The quantitative estimate of drug-likeness (QED) is 0.593. The minimum Gasteiger partial charge on any atom is -0.444 e. The SMILES string of the molecule is CCNC(=NCc1cccnc1N(C)C)N1CCC(NC(=O)OC(C)(C)C)C1. The third-order valence-corrected chi connectivity index (χ3v) is 4.23. The van der Waals surface area contributed by atoms with E-state index in [9.17, 15) is 4.79 Å². The van der Waals surface area contributed by atoms with E-state index in [1.165, 1.54) is 0 Å². The summed E-state index contributed by atoms with van der Waals surface area (Å²) in [5, 5.41) is 6.31. The topological polar surface area (TPSA) is 82.1 Å². The van der Waals surface area contributed by atoms with Gasteiger partial charge in [-0.2, -0.15) is 0 Å². The number of likely N-dealkylation sites (tertiary alicyclic amines) is 1. The predicted molar refractivity (Wildman–Crippen MR) is 113 cm³/mol. The zero-order valence-electron chi connectivity index (χ0n) is 18.0. The van der Waals surface area contributed by atoms with Crippen molar-refractivity contribution in [3.63, 3.8) is 0 Å². The Labute approximate surface area is 168 Å². The Hall–Kier alpha value is -2.51. The zero-order valence-corrected chi connectivity index (χ0v) is 18.0. The fourth-order valence-electron chi connectivity index (χ4n) is 3.09. The molecule has 0 radical (unpaired) electrons. The van der Waals surface area contributed by atoms with Crippen molar-refractivity contribution in [2.24, 2.45) is 4.99 Å². The Kier molecular flexibility index (Phi) is 7.48. The molecule has 1 aliphatic heterocycles. The van der Waals surface area contributed by atoms with Gasteiger partial charge in [-0.05, 0) is 40.2 Å². The molecule has 2 N–H and O–H groups in total. The van der Waals surface area contributed by atoms with E-state index in [-0.39, 0.29) is 12.1 Å². The molecule has 1 amide bonds. The highest BCUT2D eigenvalue weighted by atomic mass is 16.6. The van der Waals surface area contributed by atoms with Crippen molar-refractivity contribution in [2.45, 2.75) is 52.3 Å². The molecule has 0 aromatic carbocycles. The Morgan fingerprint density at radius 1 is 1.43 bits per heavy atom. The highest BCUT2D eigenvalue weighted by Gasteiger charge is 2.27. The van der Waals surface area contributed by atoms with Gasteiger partial charge in [-0.1, -0.05) is 6.07 Å². The summed E-state index contributed by atoms with van der Waals surface area (Å²) in [5.41, 5.74) is 0.581. The molecule has 1 fully saturated rings. The number of rotatable bonds is 5. The van der Waals surface area contributed by atoms with Crippen molar-refractivity contribution in [1.82, 2.24) is 20.5 Å². The lowest BCUT2D eigenvalue weighted by Gasteiger charge is -2.23. The second-order valence-electron chi connectivity index (χ2n) is 8.13. The van der Waals surface area contributed by atoms with Crippen LogP contribution in [0.15, 0.2) is 23.3 Å². The molecule has 1 saturated heterocycles. The first-order chi connectivity index (χ1) is 13.2. The maximum atomic E-state index is 12.0. The van der Waals surface area contributed by atoms with E-state index in [0.717, 1.165) is 36.9 Å². The van der Waals surface area contributed by atoms with Crippen molar-refractivity contribution in [1.29, 1.82) is 0 Å². The number of nitrogens with one attached hydrogen (secondary N) is 2. The van der Waals surface area contributed by atoms with Gasteiger partial charge in [0, 0.05) is 45.5 Å². The average molecular weight is 391 g/mol. The number of carbonyl (C=O) groups is 1. The monoisotopic (exact) mass is 390 g/mol. The number of alkyl carbamates (subject to hydrolysis) is 1. The summed E-state index contributed by atoms with van der Waals surface area (Å²) in [4.78, 5) is 25.4. The first kappa shape index (κ1) is 21.8. The Balaban J connectivity index is 2.01. The fraction of sp³-hybridized carbons (Fsp3) is 0.650. The van der Waals surface area contributed by atoms with Gasteiger partial charge in [0.15, 0.2) is 5.96 Å². The van der Waals surface area contributed by atoms with Crippen LogP contribution in [0.3, 0.4) is 0 Å². The standard InChI is InChI=1S/C20H34N6O2/c1-7-21-18(23-13-15-9-8-11-22-17(15)25(5)6)26-12-10-16(14-26)24-19(27)28-20(2,3)4/h8-9,11,16H,7,10,12-14H2,1-6H3,(H,21,23)(H,24,27). The largest absolute Gasteiger partial charge is 0.444 e. The number of anilines is 1. The molecule has 8 nitrogen and oxygen atoms in total. The first-order valence-corrected chi connectivity index (χ1v) is 9.83. The van der Waals surface area contributed by atoms with Crippen LogP contribution < -0.4 is 15.5 Å². The maximum absolute atomic E-state index is 12.0. The summed E-state index contributed by atoms with van der Waals surface area (Å²) in [6.07, 6.45) is 2.29. The summed E-state index contributed by atoms with van der Waals surface area (Å²) in [6, 6.07) is 4.03. The molecule has 1 aromatic heterocycles. The zero-order chi connectivity index (χ0) is 20.7. The number of guanidine groups is 1. The molecule has 1 unspecified atom stereocenters. The number of aliphatic imine (C=N–C) groups is 1. The molecule has 0 aliphatic carbocycles. The molecule has 28 heavy (non-hydrogen) atoms. The molecule has 156 valence electrons. The van der Waals surface area contributed by atoms with Crippen molar-refractivity contribution in [3.05, 3.63) is 23.9 Å². The van der Waals surface area contributed by atoms with Crippen molar-refractivity contribution >= 4 is 17.9 Å². The van der Waals surface area contributed by atoms with Gasteiger partial charge >= 0.3 is 6.09 Å². The minimum absolute atomic E-state index is 0.0504. The van der Waals surface area contributed by atoms with Crippen LogP contribution in [0.4, 0.5) is 10.6 Å². The Bertz CT molecular complexity index is 684. The van der Waals surface area contributed by atoms with Crippen LogP contribution >= 0.6 is 0 Å². The third kappa shape index (κ3) is 6.58. The van der Waals surface area contributed by atoms with Crippen LogP contribution in [-0.2, 0) is 11.3 Å². The van der Waals surface area contributed by atoms with Crippen LogP contribution in [0.1, 0.15) is 39.7 Å². The van der Waals surface area contributed by atoms with E-state index in [1.54, 1.807) is 6.20 Å². The third-order valence-electron chi connectivity index (χ3n) is 4.23. The average Bonchev–Trinajstić information content (AvgIpc) is 3.05. The van der Waals surface area contributed by atoms with Gasteiger partial charge in [-0.25, -0.2) is 14.8 Å². The Morgan fingerprint density at radius 2 is 2.18 bits per heavy atom.